The Kier molecular flexibility index (Phi) is 4.29. The van der Waals surface area contributed by atoms with Gasteiger partial charge < -0.3 is 4.90 Å². The number of rotatable bonds is 4. The second kappa shape index (κ2) is 6.55. The molecular formula is C16H18ClN5S. The molecule has 1 aliphatic rings. The molecule has 1 aromatic carbocycles. The van der Waals surface area contributed by atoms with Gasteiger partial charge in [0.25, 0.3) is 0 Å². The monoisotopic (exact) mass is 347 g/mol. The molecule has 1 aliphatic heterocycles. The lowest BCUT2D eigenvalue weighted by atomic mass is 10.1. The fraction of sp³-hybridized carbons (Fsp3) is 0.438. The number of nitrogens with zero attached hydrogens (tertiary/aromatic N) is 5. The van der Waals surface area contributed by atoms with E-state index in [1.165, 1.54) is 32.4 Å². The molecule has 0 radical (unpaired) electrons. The van der Waals surface area contributed by atoms with Crippen LogP contribution in [0.5, 0.6) is 0 Å². The van der Waals surface area contributed by atoms with Crippen molar-refractivity contribution < 1.29 is 0 Å². The molecule has 0 amide bonds. The third-order valence-electron chi connectivity index (χ3n) is 4.25. The molecule has 0 saturated carbocycles. The summed E-state index contributed by atoms with van der Waals surface area (Å²) in [5.41, 5.74) is 1.06. The van der Waals surface area contributed by atoms with Crippen molar-refractivity contribution in [1.82, 2.24) is 24.7 Å². The van der Waals surface area contributed by atoms with Crippen LogP contribution < -0.4 is 0 Å². The van der Waals surface area contributed by atoms with E-state index in [-0.39, 0.29) is 0 Å². The van der Waals surface area contributed by atoms with Gasteiger partial charge in [0.15, 0.2) is 5.82 Å². The number of fused-ring (bicyclic) bond motifs is 1. The highest BCUT2D eigenvalue weighted by atomic mass is 35.5. The fourth-order valence-electron chi connectivity index (χ4n) is 2.96. The van der Waals surface area contributed by atoms with Crippen LogP contribution in [0.3, 0.4) is 0 Å². The molecule has 0 N–H and O–H groups in total. The minimum Gasteiger partial charge on any atom is -0.303 e. The van der Waals surface area contributed by atoms with E-state index in [9.17, 15) is 0 Å². The molecule has 1 saturated heterocycles. The smallest absolute Gasteiger partial charge is 0.234 e. The first-order chi connectivity index (χ1) is 11.3. The summed E-state index contributed by atoms with van der Waals surface area (Å²) in [6, 6.07) is 7.75. The lowest BCUT2D eigenvalue weighted by molar-refractivity contribution is 0.230. The number of aromatic nitrogens is 4. The molecule has 0 aliphatic carbocycles. The SMILES string of the molecule is Clc1ccc(-c2nn3c(CCN4CCCCC4)nnc3s2)cc1. The molecule has 23 heavy (non-hydrogen) atoms. The Bertz CT molecular complexity index is 789. The average Bonchev–Trinajstić information content (AvgIpc) is 3.15. The van der Waals surface area contributed by atoms with Gasteiger partial charge in [-0.2, -0.15) is 9.61 Å². The van der Waals surface area contributed by atoms with Gasteiger partial charge in [0.2, 0.25) is 4.96 Å². The molecule has 7 heteroatoms. The van der Waals surface area contributed by atoms with Gasteiger partial charge in [0, 0.05) is 23.6 Å². The van der Waals surface area contributed by atoms with E-state index in [0.29, 0.717) is 0 Å². The fourth-order valence-corrected chi connectivity index (χ4v) is 3.95. The van der Waals surface area contributed by atoms with Crippen LogP contribution in [0.25, 0.3) is 15.5 Å². The summed E-state index contributed by atoms with van der Waals surface area (Å²) in [5.74, 6) is 0.946. The minimum atomic E-state index is 0.735. The minimum absolute atomic E-state index is 0.735. The van der Waals surface area contributed by atoms with Crippen LogP contribution in [0.15, 0.2) is 24.3 Å². The van der Waals surface area contributed by atoms with E-state index in [1.54, 1.807) is 11.3 Å². The molecule has 120 valence electrons. The van der Waals surface area contributed by atoms with Crippen molar-refractivity contribution in [2.45, 2.75) is 25.7 Å². The second-order valence-electron chi connectivity index (χ2n) is 5.88. The normalized spacial score (nSPS) is 16.2. The van der Waals surface area contributed by atoms with Crippen molar-refractivity contribution in [3.8, 4) is 10.6 Å². The molecule has 5 nitrogen and oxygen atoms in total. The van der Waals surface area contributed by atoms with Crippen molar-refractivity contribution in [1.29, 1.82) is 0 Å². The van der Waals surface area contributed by atoms with Gasteiger partial charge in [-0.15, -0.1) is 10.2 Å². The standard InChI is InChI=1S/C16H18ClN5S/c17-13-6-4-12(5-7-13)15-20-22-14(18-19-16(22)23-15)8-11-21-9-2-1-3-10-21/h4-7H,1-3,8-11H2. The van der Waals surface area contributed by atoms with E-state index in [4.69, 9.17) is 11.6 Å². The molecule has 3 aromatic rings. The van der Waals surface area contributed by atoms with Crippen LogP contribution in [-0.2, 0) is 6.42 Å². The van der Waals surface area contributed by atoms with E-state index >= 15 is 0 Å². The molecule has 1 fully saturated rings. The van der Waals surface area contributed by atoms with Crippen molar-refractivity contribution >= 4 is 27.9 Å². The van der Waals surface area contributed by atoms with Gasteiger partial charge in [0.05, 0.1) is 0 Å². The lowest BCUT2D eigenvalue weighted by Crippen LogP contribution is -2.31. The zero-order valence-electron chi connectivity index (χ0n) is 12.8. The molecule has 3 heterocycles. The maximum absolute atomic E-state index is 5.95. The zero-order chi connectivity index (χ0) is 15.6. The first kappa shape index (κ1) is 15.1. The van der Waals surface area contributed by atoms with Gasteiger partial charge in [-0.05, 0) is 38.1 Å². The zero-order valence-corrected chi connectivity index (χ0v) is 14.4. The second-order valence-corrected chi connectivity index (χ2v) is 7.27. The summed E-state index contributed by atoms with van der Waals surface area (Å²) >= 11 is 7.51. The summed E-state index contributed by atoms with van der Waals surface area (Å²) in [4.78, 5) is 3.36. The topological polar surface area (TPSA) is 46.3 Å². The van der Waals surface area contributed by atoms with Crippen molar-refractivity contribution in [2.24, 2.45) is 0 Å². The Morgan fingerprint density at radius 1 is 1.04 bits per heavy atom. The third kappa shape index (κ3) is 3.24. The van der Waals surface area contributed by atoms with Crippen molar-refractivity contribution in [3.63, 3.8) is 0 Å². The van der Waals surface area contributed by atoms with Gasteiger partial charge in [-0.3, -0.25) is 0 Å². The third-order valence-corrected chi connectivity index (χ3v) is 5.45. The van der Waals surface area contributed by atoms with Gasteiger partial charge in [0.1, 0.15) is 5.01 Å². The van der Waals surface area contributed by atoms with E-state index in [0.717, 1.165) is 39.3 Å². The molecule has 0 unspecified atom stereocenters. The number of halogens is 1. The quantitative estimate of drug-likeness (QED) is 0.724. The maximum Gasteiger partial charge on any atom is 0.234 e. The molecule has 0 spiro atoms. The molecule has 0 atom stereocenters. The van der Waals surface area contributed by atoms with Gasteiger partial charge >= 0.3 is 0 Å². The summed E-state index contributed by atoms with van der Waals surface area (Å²) in [5, 5.41) is 14.9. The summed E-state index contributed by atoms with van der Waals surface area (Å²) < 4.78 is 1.89. The highest BCUT2D eigenvalue weighted by molar-refractivity contribution is 7.19. The first-order valence-electron chi connectivity index (χ1n) is 7.99. The number of piperidine rings is 1. The van der Waals surface area contributed by atoms with Crippen LogP contribution in [0.4, 0.5) is 0 Å². The Balaban J connectivity index is 1.53. The largest absolute Gasteiger partial charge is 0.303 e. The van der Waals surface area contributed by atoms with E-state index < -0.39 is 0 Å². The Morgan fingerprint density at radius 2 is 1.83 bits per heavy atom. The van der Waals surface area contributed by atoms with E-state index in [2.05, 4.69) is 20.2 Å². The van der Waals surface area contributed by atoms with Crippen LogP contribution in [0.1, 0.15) is 25.1 Å². The van der Waals surface area contributed by atoms with Crippen molar-refractivity contribution in [3.05, 3.63) is 35.1 Å². The van der Waals surface area contributed by atoms with Crippen molar-refractivity contribution in [2.75, 3.05) is 19.6 Å². The van der Waals surface area contributed by atoms with E-state index in [1.807, 2.05) is 28.8 Å². The highest BCUT2D eigenvalue weighted by Gasteiger charge is 2.15. The highest BCUT2D eigenvalue weighted by Crippen LogP contribution is 2.26. The number of likely N-dealkylation sites (tertiary alicyclic amines) is 1. The average molecular weight is 348 g/mol. The van der Waals surface area contributed by atoms with Crippen LogP contribution in [0, 0.1) is 0 Å². The number of hydrogen-bond donors (Lipinski definition) is 0. The molecule has 2 aromatic heterocycles. The Labute approximate surface area is 143 Å². The summed E-state index contributed by atoms with van der Waals surface area (Å²) in [7, 11) is 0. The Morgan fingerprint density at radius 3 is 2.61 bits per heavy atom. The number of benzene rings is 1. The summed E-state index contributed by atoms with van der Waals surface area (Å²) in [6.07, 6.45) is 4.88. The predicted octanol–water partition coefficient (Wildman–Crippen LogP) is 3.53. The molecule has 0 bridgehead atoms. The lowest BCUT2D eigenvalue weighted by Gasteiger charge is -2.25. The van der Waals surface area contributed by atoms with Crippen LogP contribution >= 0.6 is 22.9 Å². The maximum atomic E-state index is 5.95. The summed E-state index contributed by atoms with van der Waals surface area (Å²) in [6.45, 7) is 3.44. The van der Waals surface area contributed by atoms with Crippen LogP contribution in [-0.4, -0.2) is 44.3 Å². The predicted molar refractivity (Wildman–Crippen MR) is 93.1 cm³/mol. The Hall–Kier alpha value is -1.50. The van der Waals surface area contributed by atoms with Gasteiger partial charge in [-0.25, -0.2) is 0 Å². The number of hydrogen-bond acceptors (Lipinski definition) is 5. The molecule has 4 rings (SSSR count). The van der Waals surface area contributed by atoms with Crippen LogP contribution in [0.2, 0.25) is 5.02 Å². The molecular weight excluding hydrogens is 330 g/mol. The van der Waals surface area contributed by atoms with Gasteiger partial charge in [-0.1, -0.05) is 41.5 Å². The first-order valence-corrected chi connectivity index (χ1v) is 9.18.